The zero-order valence-corrected chi connectivity index (χ0v) is 12.0. The molecule has 0 saturated carbocycles. The van der Waals surface area contributed by atoms with E-state index in [2.05, 4.69) is 34.2 Å². The Balaban J connectivity index is 2.39. The normalized spacial score (nSPS) is 12.7. The number of aryl methyl sites for hydroxylation is 1. The third kappa shape index (κ3) is 2.76. The van der Waals surface area contributed by atoms with Crippen LogP contribution in [0.5, 0.6) is 0 Å². The second-order valence-electron chi connectivity index (χ2n) is 3.84. The van der Waals surface area contributed by atoms with Gasteiger partial charge < -0.3 is 5.32 Å². The van der Waals surface area contributed by atoms with Gasteiger partial charge in [-0.05, 0) is 53.7 Å². The molecule has 90 valence electrons. The first-order valence-electron chi connectivity index (χ1n) is 5.30. The van der Waals surface area contributed by atoms with E-state index in [9.17, 15) is 4.39 Å². The van der Waals surface area contributed by atoms with Gasteiger partial charge in [0.2, 0.25) is 0 Å². The summed E-state index contributed by atoms with van der Waals surface area (Å²) in [6, 6.07) is 8.83. The summed E-state index contributed by atoms with van der Waals surface area (Å²) >= 11 is 5.31. The van der Waals surface area contributed by atoms with Gasteiger partial charge in [0.15, 0.2) is 0 Å². The van der Waals surface area contributed by atoms with Crippen molar-refractivity contribution in [3.8, 4) is 0 Å². The van der Waals surface area contributed by atoms with Crippen LogP contribution in [-0.4, -0.2) is 7.05 Å². The highest BCUT2D eigenvalue weighted by molar-refractivity contribution is 9.10. The van der Waals surface area contributed by atoms with E-state index in [1.807, 2.05) is 19.2 Å². The van der Waals surface area contributed by atoms with Crippen molar-refractivity contribution < 1.29 is 4.39 Å². The summed E-state index contributed by atoms with van der Waals surface area (Å²) < 4.78 is 14.0. The lowest BCUT2D eigenvalue weighted by atomic mass is 10.1. The molecule has 0 saturated heterocycles. The van der Waals surface area contributed by atoms with Crippen LogP contribution in [0.25, 0.3) is 0 Å². The van der Waals surface area contributed by atoms with E-state index < -0.39 is 0 Å². The van der Waals surface area contributed by atoms with Crippen LogP contribution in [0.4, 0.5) is 4.39 Å². The van der Waals surface area contributed by atoms with Crippen LogP contribution in [-0.2, 0) is 0 Å². The molecule has 1 aromatic carbocycles. The summed E-state index contributed by atoms with van der Waals surface area (Å²) in [6.07, 6.45) is 0. The highest BCUT2D eigenvalue weighted by Gasteiger charge is 2.17. The van der Waals surface area contributed by atoms with Crippen molar-refractivity contribution in [3.05, 3.63) is 55.9 Å². The van der Waals surface area contributed by atoms with E-state index in [0.29, 0.717) is 0 Å². The smallest absolute Gasteiger partial charge is 0.123 e. The first kappa shape index (κ1) is 12.7. The van der Waals surface area contributed by atoms with Gasteiger partial charge in [-0.1, -0.05) is 12.1 Å². The molecule has 0 aliphatic rings. The molecule has 2 rings (SSSR count). The molecule has 0 spiro atoms. The largest absolute Gasteiger partial charge is 0.309 e. The molecule has 4 heteroatoms. The van der Waals surface area contributed by atoms with Gasteiger partial charge in [-0.3, -0.25) is 0 Å². The lowest BCUT2D eigenvalue weighted by Gasteiger charge is -2.15. The van der Waals surface area contributed by atoms with Gasteiger partial charge in [0.25, 0.3) is 0 Å². The highest BCUT2D eigenvalue weighted by Crippen LogP contribution is 2.35. The Morgan fingerprint density at radius 2 is 1.94 bits per heavy atom. The average molecular weight is 314 g/mol. The molecule has 1 unspecified atom stereocenters. The Kier molecular flexibility index (Phi) is 3.97. The molecule has 1 atom stereocenters. The van der Waals surface area contributed by atoms with Crippen LogP contribution in [0.15, 0.2) is 34.8 Å². The maximum absolute atomic E-state index is 12.9. The monoisotopic (exact) mass is 313 g/mol. The minimum Gasteiger partial charge on any atom is -0.309 e. The summed E-state index contributed by atoms with van der Waals surface area (Å²) in [6.45, 7) is 2.08. The number of thiophene rings is 1. The molecular formula is C13H13BrFNS. The van der Waals surface area contributed by atoms with Crippen LogP contribution in [0.3, 0.4) is 0 Å². The molecule has 0 amide bonds. The maximum atomic E-state index is 12.9. The lowest BCUT2D eigenvalue weighted by molar-refractivity contribution is 0.624. The van der Waals surface area contributed by atoms with Crippen LogP contribution in [0.1, 0.15) is 21.4 Å². The molecule has 0 aliphatic heterocycles. The van der Waals surface area contributed by atoms with Gasteiger partial charge in [-0.25, -0.2) is 4.39 Å². The average Bonchev–Trinajstić information content (AvgIpc) is 2.62. The first-order chi connectivity index (χ1) is 8.11. The predicted molar refractivity (Wildman–Crippen MR) is 74.1 cm³/mol. The van der Waals surface area contributed by atoms with Gasteiger partial charge >= 0.3 is 0 Å². The fourth-order valence-electron chi connectivity index (χ4n) is 1.80. The number of rotatable bonds is 3. The first-order valence-corrected chi connectivity index (χ1v) is 6.91. The van der Waals surface area contributed by atoms with E-state index in [-0.39, 0.29) is 11.9 Å². The molecule has 2 aromatic rings. The van der Waals surface area contributed by atoms with Gasteiger partial charge in [0.1, 0.15) is 5.82 Å². The van der Waals surface area contributed by atoms with Crippen LogP contribution >= 0.6 is 27.3 Å². The molecule has 17 heavy (non-hydrogen) atoms. The fourth-order valence-corrected chi connectivity index (χ4v) is 3.82. The van der Waals surface area contributed by atoms with E-state index in [1.165, 1.54) is 21.9 Å². The molecule has 0 aliphatic carbocycles. The number of benzene rings is 1. The summed E-state index contributed by atoms with van der Waals surface area (Å²) in [5.74, 6) is -0.204. The summed E-state index contributed by atoms with van der Waals surface area (Å²) in [7, 11) is 1.91. The third-order valence-electron chi connectivity index (χ3n) is 2.59. The number of halogens is 2. The number of hydrogen-bond donors (Lipinski definition) is 1. The van der Waals surface area contributed by atoms with E-state index in [4.69, 9.17) is 0 Å². The maximum Gasteiger partial charge on any atom is 0.123 e. The molecule has 0 radical (unpaired) electrons. The SMILES string of the molecule is CNC(c1ccc(F)cc1)c1sc(C)cc1Br. The highest BCUT2D eigenvalue weighted by atomic mass is 79.9. The Hall–Kier alpha value is -0.710. The Morgan fingerprint density at radius 3 is 2.41 bits per heavy atom. The Labute approximate surface area is 113 Å². The summed E-state index contributed by atoms with van der Waals surface area (Å²) in [5.41, 5.74) is 1.07. The summed E-state index contributed by atoms with van der Waals surface area (Å²) in [4.78, 5) is 2.48. The van der Waals surface area contributed by atoms with Gasteiger partial charge in [0, 0.05) is 14.2 Å². The number of hydrogen-bond acceptors (Lipinski definition) is 2. The second kappa shape index (κ2) is 5.29. The predicted octanol–water partition coefficient (Wildman–Crippen LogP) is 4.27. The van der Waals surface area contributed by atoms with Crippen molar-refractivity contribution >= 4 is 27.3 Å². The Morgan fingerprint density at radius 1 is 1.29 bits per heavy atom. The standard InChI is InChI=1S/C13H13BrFNS/c1-8-7-11(14)13(17-8)12(16-2)9-3-5-10(15)6-4-9/h3-7,12,16H,1-2H3. The van der Waals surface area contributed by atoms with Crippen molar-refractivity contribution in [3.63, 3.8) is 0 Å². The summed E-state index contributed by atoms with van der Waals surface area (Å²) in [5, 5.41) is 3.27. The van der Waals surface area contributed by atoms with Crippen LogP contribution in [0, 0.1) is 12.7 Å². The zero-order chi connectivity index (χ0) is 12.4. The molecule has 1 heterocycles. The lowest BCUT2D eigenvalue weighted by Crippen LogP contribution is -2.16. The third-order valence-corrected chi connectivity index (χ3v) is 4.62. The molecule has 0 fully saturated rings. The van der Waals surface area contributed by atoms with E-state index in [0.717, 1.165) is 10.0 Å². The minimum absolute atomic E-state index is 0.101. The van der Waals surface area contributed by atoms with Crippen LogP contribution in [0.2, 0.25) is 0 Å². The quantitative estimate of drug-likeness (QED) is 0.892. The zero-order valence-electron chi connectivity index (χ0n) is 9.63. The van der Waals surface area contributed by atoms with Gasteiger partial charge in [0.05, 0.1) is 6.04 Å². The molecule has 1 aromatic heterocycles. The van der Waals surface area contributed by atoms with E-state index in [1.54, 1.807) is 11.3 Å². The molecule has 1 nitrogen and oxygen atoms in total. The van der Waals surface area contributed by atoms with Gasteiger partial charge in [-0.2, -0.15) is 0 Å². The van der Waals surface area contributed by atoms with Crippen molar-refractivity contribution in [2.45, 2.75) is 13.0 Å². The van der Waals surface area contributed by atoms with Crippen molar-refractivity contribution in [2.24, 2.45) is 0 Å². The van der Waals surface area contributed by atoms with Crippen molar-refractivity contribution in [2.75, 3.05) is 7.05 Å². The Bertz CT molecular complexity index is 507. The number of nitrogens with one attached hydrogen (secondary N) is 1. The van der Waals surface area contributed by atoms with Gasteiger partial charge in [-0.15, -0.1) is 11.3 Å². The van der Waals surface area contributed by atoms with Crippen molar-refractivity contribution in [1.29, 1.82) is 0 Å². The molecule has 0 bridgehead atoms. The topological polar surface area (TPSA) is 12.0 Å². The fraction of sp³-hybridized carbons (Fsp3) is 0.231. The van der Waals surface area contributed by atoms with E-state index >= 15 is 0 Å². The van der Waals surface area contributed by atoms with Crippen LogP contribution < -0.4 is 5.32 Å². The molecular weight excluding hydrogens is 301 g/mol. The minimum atomic E-state index is -0.204. The molecule has 1 N–H and O–H groups in total. The van der Waals surface area contributed by atoms with Crippen molar-refractivity contribution in [1.82, 2.24) is 5.32 Å². The second-order valence-corrected chi connectivity index (χ2v) is 5.98.